The van der Waals surface area contributed by atoms with E-state index in [2.05, 4.69) is 4.90 Å². The number of benzene rings is 1. The Bertz CT molecular complexity index is 717. The number of hydrogen-bond donors (Lipinski definition) is 0. The summed E-state index contributed by atoms with van der Waals surface area (Å²) in [7, 11) is -3.51. The van der Waals surface area contributed by atoms with E-state index in [0.717, 1.165) is 25.9 Å². The minimum absolute atomic E-state index is 0.0282. The molecule has 1 atom stereocenters. The van der Waals surface area contributed by atoms with Crippen LogP contribution in [-0.2, 0) is 19.3 Å². The fraction of sp³-hybridized carbons (Fsp3) is 0.625. The smallest absolute Gasteiger partial charge is 0.269 e. The Labute approximate surface area is 146 Å². The maximum Gasteiger partial charge on any atom is 0.269 e. The monoisotopic (exact) mass is 370 g/mol. The first-order valence-corrected chi connectivity index (χ1v) is 9.96. The van der Waals surface area contributed by atoms with Gasteiger partial charge in [-0.1, -0.05) is 0 Å². The van der Waals surface area contributed by atoms with Gasteiger partial charge < -0.3 is 9.47 Å². The van der Waals surface area contributed by atoms with Crippen LogP contribution in [0.2, 0.25) is 0 Å². The fourth-order valence-corrected chi connectivity index (χ4v) is 4.97. The topological polar surface area (TPSA) is 99.0 Å². The summed E-state index contributed by atoms with van der Waals surface area (Å²) < 4.78 is 36.5. The van der Waals surface area contributed by atoms with Gasteiger partial charge in [0.05, 0.1) is 28.8 Å². The minimum Gasteiger partial charge on any atom is -0.347 e. The van der Waals surface area contributed by atoms with Crippen molar-refractivity contribution in [3.8, 4) is 0 Å². The molecule has 2 fully saturated rings. The first-order chi connectivity index (χ1) is 11.8. The van der Waals surface area contributed by atoms with Crippen LogP contribution in [0, 0.1) is 10.1 Å². The number of nitro groups is 1. The summed E-state index contributed by atoms with van der Waals surface area (Å²) in [6.07, 6.45) is 1.46. The van der Waals surface area contributed by atoms with Crippen LogP contribution in [0.5, 0.6) is 0 Å². The van der Waals surface area contributed by atoms with Gasteiger partial charge in [-0.25, -0.2) is 8.42 Å². The lowest BCUT2D eigenvalue weighted by atomic mass is 10.0. The molecule has 1 aromatic carbocycles. The second kappa shape index (κ2) is 6.99. The standard InChI is InChI=1S/C16H22N2O6S/c1-13(17-8-6-16(7-9-17)23-10-11-24-16)12-25(21,22)15-4-2-14(3-5-15)18(19)20/h2-5,13H,6-12H2,1H3/t13-/m0/s1. The van der Waals surface area contributed by atoms with Crippen LogP contribution in [0.1, 0.15) is 19.8 Å². The number of nitrogens with zero attached hydrogens (tertiary/aromatic N) is 2. The number of ether oxygens (including phenoxy) is 2. The molecule has 2 aliphatic heterocycles. The van der Waals surface area contributed by atoms with Crippen molar-refractivity contribution in [2.75, 3.05) is 32.1 Å². The summed E-state index contributed by atoms with van der Waals surface area (Å²) in [6.45, 7) is 4.55. The highest BCUT2D eigenvalue weighted by Gasteiger charge is 2.41. The van der Waals surface area contributed by atoms with Crippen molar-refractivity contribution in [2.45, 2.75) is 36.5 Å². The molecule has 0 amide bonds. The summed E-state index contributed by atoms with van der Waals surface area (Å²) in [5.41, 5.74) is -0.120. The normalized spacial score (nSPS) is 22.1. The van der Waals surface area contributed by atoms with Crippen molar-refractivity contribution in [2.24, 2.45) is 0 Å². The number of rotatable bonds is 5. The predicted octanol–water partition coefficient (Wildman–Crippen LogP) is 1.60. The van der Waals surface area contributed by atoms with Crippen LogP contribution in [0.3, 0.4) is 0 Å². The van der Waals surface area contributed by atoms with Crippen LogP contribution >= 0.6 is 0 Å². The van der Waals surface area contributed by atoms with E-state index in [4.69, 9.17) is 9.47 Å². The lowest BCUT2D eigenvalue weighted by Crippen LogP contribution is -2.49. The summed E-state index contributed by atoms with van der Waals surface area (Å²) in [5, 5.41) is 10.7. The van der Waals surface area contributed by atoms with Gasteiger partial charge in [0.15, 0.2) is 15.6 Å². The van der Waals surface area contributed by atoms with Crippen LogP contribution in [0.4, 0.5) is 5.69 Å². The molecule has 9 heteroatoms. The molecule has 0 aromatic heterocycles. The largest absolute Gasteiger partial charge is 0.347 e. The maximum atomic E-state index is 12.6. The van der Waals surface area contributed by atoms with Crippen molar-refractivity contribution in [3.63, 3.8) is 0 Å². The van der Waals surface area contributed by atoms with Crippen LogP contribution in [0.15, 0.2) is 29.2 Å². The van der Waals surface area contributed by atoms with Crippen molar-refractivity contribution in [1.82, 2.24) is 4.90 Å². The van der Waals surface area contributed by atoms with Crippen molar-refractivity contribution in [1.29, 1.82) is 0 Å². The number of sulfone groups is 1. The summed E-state index contributed by atoms with van der Waals surface area (Å²) in [4.78, 5) is 12.4. The fourth-order valence-electron chi connectivity index (χ4n) is 3.39. The molecule has 0 bridgehead atoms. The van der Waals surface area contributed by atoms with E-state index in [1.807, 2.05) is 6.92 Å². The van der Waals surface area contributed by atoms with E-state index in [1.54, 1.807) is 0 Å². The molecule has 1 spiro atoms. The predicted molar refractivity (Wildman–Crippen MR) is 90.1 cm³/mol. The Kier molecular flexibility index (Phi) is 5.10. The van der Waals surface area contributed by atoms with Gasteiger partial charge in [0.1, 0.15) is 0 Å². The quantitative estimate of drug-likeness (QED) is 0.573. The Hall–Kier alpha value is -1.55. The van der Waals surface area contributed by atoms with E-state index in [0.29, 0.717) is 13.2 Å². The highest BCUT2D eigenvalue weighted by Crippen LogP contribution is 2.32. The molecule has 1 aromatic rings. The number of likely N-dealkylation sites (tertiary alicyclic amines) is 1. The molecule has 0 unspecified atom stereocenters. The summed E-state index contributed by atoms with van der Waals surface area (Å²) in [6, 6.07) is 4.88. The first kappa shape index (κ1) is 18.2. The molecule has 3 rings (SSSR count). The number of non-ortho nitro benzene ring substituents is 1. The summed E-state index contributed by atoms with van der Waals surface area (Å²) in [5.74, 6) is -0.507. The molecule has 2 heterocycles. The molecular formula is C16H22N2O6S. The minimum atomic E-state index is -3.51. The van der Waals surface area contributed by atoms with Gasteiger partial charge in [-0.2, -0.15) is 0 Å². The first-order valence-electron chi connectivity index (χ1n) is 8.31. The molecule has 0 N–H and O–H groups in total. The Balaban J connectivity index is 1.61. The van der Waals surface area contributed by atoms with Crippen LogP contribution in [-0.4, -0.2) is 62.1 Å². The Morgan fingerprint density at radius 1 is 1.20 bits per heavy atom. The highest BCUT2D eigenvalue weighted by atomic mass is 32.2. The second-order valence-electron chi connectivity index (χ2n) is 6.53. The van der Waals surface area contributed by atoms with Crippen molar-refractivity contribution in [3.05, 3.63) is 34.4 Å². The SMILES string of the molecule is C[C@@H](CS(=O)(=O)c1ccc([N+](=O)[O-])cc1)N1CCC2(CC1)OCCO2. The van der Waals surface area contributed by atoms with Gasteiger partial charge in [0, 0.05) is 44.1 Å². The Morgan fingerprint density at radius 2 is 1.76 bits per heavy atom. The molecular weight excluding hydrogens is 348 g/mol. The zero-order chi connectivity index (χ0) is 18.1. The Morgan fingerprint density at radius 3 is 2.28 bits per heavy atom. The van der Waals surface area contributed by atoms with Gasteiger partial charge in [-0.3, -0.25) is 15.0 Å². The van der Waals surface area contributed by atoms with Crippen LogP contribution in [0.25, 0.3) is 0 Å². The van der Waals surface area contributed by atoms with E-state index in [9.17, 15) is 18.5 Å². The average molecular weight is 370 g/mol. The number of hydrogen-bond acceptors (Lipinski definition) is 7. The zero-order valence-electron chi connectivity index (χ0n) is 14.1. The highest BCUT2D eigenvalue weighted by molar-refractivity contribution is 7.91. The summed E-state index contributed by atoms with van der Waals surface area (Å²) >= 11 is 0. The second-order valence-corrected chi connectivity index (χ2v) is 8.56. The molecule has 25 heavy (non-hydrogen) atoms. The third-order valence-electron chi connectivity index (χ3n) is 4.86. The molecule has 8 nitrogen and oxygen atoms in total. The van der Waals surface area contributed by atoms with E-state index in [1.165, 1.54) is 24.3 Å². The lowest BCUT2D eigenvalue weighted by Gasteiger charge is -2.40. The van der Waals surface area contributed by atoms with Gasteiger partial charge in [0.2, 0.25) is 0 Å². The molecule has 0 saturated carbocycles. The van der Waals surface area contributed by atoms with Gasteiger partial charge in [-0.05, 0) is 19.1 Å². The van der Waals surface area contributed by atoms with Crippen molar-refractivity contribution >= 4 is 15.5 Å². The van der Waals surface area contributed by atoms with E-state index < -0.39 is 20.5 Å². The van der Waals surface area contributed by atoms with E-state index in [-0.39, 0.29) is 22.4 Å². The number of piperidine rings is 1. The average Bonchev–Trinajstić information content (AvgIpc) is 3.03. The van der Waals surface area contributed by atoms with Crippen molar-refractivity contribution < 1.29 is 22.8 Å². The van der Waals surface area contributed by atoms with E-state index >= 15 is 0 Å². The molecule has 0 aliphatic carbocycles. The lowest BCUT2D eigenvalue weighted by molar-refractivity contribution is -0.384. The third kappa shape index (κ3) is 4.00. The molecule has 2 saturated heterocycles. The third-order valence-corrected chi connectivity index (χ3v) is 6.78. The zero-order valence-corrected chi connectivity index (χ0v) is 14.9. The van der Waals surface area contributed by atoms with Gasteiger partial charge >= 0.3 is 0 Å². The molecule has 138 valence electrons. The van der Waals surface area contributed by atoms with Gasteiger partial charge in [0.25, 0.3) is 5.69 Å². The van der Waals surface area contributed by atoms with Gasteiger partial charge in [-0.15, -0.1) is 0 Å². The molecule has 0 radical (unpaired) electrons. The maximum absolute atomic E-state index is 12.6. The number of nitro benzene ring substituents is 1. The molecule has 2 aliphatic rings. The van der Waals surface area contributed by atoms with Crippen LogP contribution < -0.4 is 0 Å².